The number of aryl methyl sites for hydroxylation is 4. The Balaban J connectivity index is 2.29. The normalized spacial score (nSPS) is 11.4. The van der Waals surface area contributed by atoms with Gasteiger partial charge in [-0.25, -0.2) is 9.97 Å². The van der Waals surface area contributed by atoms with E-state index in [1.807, 2.05) is 0 Å². The van der Waals surface area contributed by atoms with Crippen LogP contribution in [0.4, 0.5) is 5.82 Å². The highest BCUT2D eigenvalue weighted by molar-refractivity contribution is 6.01. The van der Waals surface area contributed by atoms with Crippen molar-refractivity contribution in [2.75, 3.05) is 18.0 Å². The molecular weight excluding hydrogens is 332 g/mol. The molecule has 3 aromatic rings. The molecule has 4 heteroatoms. The molecule has 0 bridgehead atoms. The Bertz CT molecular complexity index is 945. The van der Waals surface area contributed by atoms with Crippen LogP contribution in [0.25, 0.3) is 22.2 Å². The van der Waals surface area contributed by atoms with Gasteiger partial charge in [-0.2, -0.15) is 0 Å². The lowest BCUT2D eigenvalue weighted by Crippen LogP contribution is -2.25. The molecule has 0 N–H and O–H groups in total. The van der Waals surface area contributed by atoms with Crippen molar-refractivity contribution in [3.8, 4) is 11.1 Å². The second kappa shape index (κ2) is 7.71. The van der Waals surface area contributed by atoms with Gasteiger partial charge in [0.05, 0.1) is 0 Å². The first-order valence-corrected chi connectivity index (χ1v) is 10.0. The van der Waals surface area contributed by atoms with E-state index in [1.165, 1.54) is 46.4 Å². The average molecular weight is 365 g/mol. The Hall–Kier alpha value is -2.36. The van der Waals surface area contributed by atoms with Crippen LogP contribution < -0.4 is 4.90 Å². The van der Waals surface area contributed by atoms with E-state index in [-0.39, 0.29) is 0 Å². The fourth-order valence-electron chi connectivity index (χ4n) is 4.24. The highest BCUT2D eigenvalue weighted by atomic mass is 15.2. The van der Waals surface area contributed by atoms with Crippen LogP contribution in [0, 0.1) is 27.7 Å². The predicted molar refractivity (Wildman–Crippen MR) is 116 cm³/mol. The number of nitrogens with zero attached hydrogens (tertiary/aromatic N) is 4. The number of hydrogen-bond donors (Lipinski definition) is 0. The summed E-state index contributed by atoms with van der Waals surface area (Å²) in [6, 6.07) is 4.53. The fraction of sp³-hybridized carbons (Fsp3) is 0.478. The zero-order valence-electron chi connectivity index (χ0n) is 17.8. The molecule has 4 nitrogen and oxygen atoms in total. The Morgan fingerprint density at radius 1 is 0.963 bits per heavy atom. The van der Waals surface area contributed by atoms with Gasteiger partial charge in [0.15, 0.2) is 5.82 Å². The highest BCUT2D eigenvalue weighted by Crippen LogP contribution is 2.39. The number of rotatable bonds is 6. The van der Waals surface area contributed by atoms with Gasteiger partial charge in [0.25, 0.3) is 0 Å². The van der Waals surface area contributed by atoms with Gasteiger partial charge in [0.1, 0.15) is 17.4 Å². The molecule has 0 fully saturated rings. The minimum Gasteiger partial charge on any atom is -0.355 e. The van der Waals surface area contributed by atoms with Gasteiger partial charge in [-0.3, -0.25) is 0 Å². The monoisotopic (exact) mass is 364 g/mol. The fourth-order valence-corrected chi connectivity index (χ4v) is 4.24. The van der Waals surface area contributed by atoms with E-state index in [1.54, 1.807) is 6.33 Å². The van der Waals surface area contributed by atoms with E-state index in [2.05, 4.69) is 70.2 Å². The van der Waals surface area contributed by atoms with Crippen molar-refractivity contribution in [1.29, 1.82) is 0 Å². The maximum Gasteiger partial charge on any atom is 0.156 e. The van der Waals surface area contributed by atoms with E-state index in [9.17, 15) is 0 Å². The lowest BCUT2D eigenvalue weighted by Gasteiger charge is -2.22. The topological polar surface area (TPSA) is 34.0 Å². The van der Waals surface area contributed by atoms with Crippen LogP contribution in [0.15, 0.2) is 18.5 Å². The summed E-state index contributed by atoms with van der Waals surface area (Å²) in [5, 5.41) is 0. The molecule has 0 radical (unpaired) electrons. The van der Waals surface area contributed by atoms with Crippen molar-refractivity contribution in [3.63, 3.8) is 0 Å². The minimum absolute atomic E-state index is 0.953. The van der Waals surface area contributed by atoms with Gasteiger partial charge < -0.3 is 9.47 Å². The number of benzene rings is 1. The van der Waals surface area contributed by atoms with Gasteiger partial charge in [0.2, 0.25) is 0 Å². The van der Waals surface area contributed by atoms with Crippen LogP contribution in [-0.4, -0.2) is 27.6 Å². The summed E-state index contributed by atoms with van der Waals surface area (Å²) in [5.41, 5.74) is 9.92. The maximum absolute atomic E-state index is 4.74. The largest absolute Gasteiger partial charge is 0.355 e. The van der Waals surface area contributed by atoms with E-state index in [0.29, 0.717) is 0 Å². The number of anilines is 1. The first-order chi connectivity index (χ1) is 12.9. The molecule has 0 unspecified atom stereocenters. The Morgan fingerprint density at radius 3 is 2.22 bits per heavy atom. The third kappa shape index (κ3) is 3.33. The summed E-state index contributed by atoms with van der Waals surface area (Å²) in [6.07, 6.45) is 4.09. The van der Waals surface area contributed by atoms with Crippen molar-refractivity contribution in [3.05, 3.63) is 40.8 Å². The van der Waals surface area contributed by atoms with E-state index >= 15 is 0 Å². The first kappa shape index (κ1) is 19.4. The maximum atomic E-state index is 4.74. The van der Waals surface area contributed by atoms with E-state index in [4.69, 9.17) is 9.97 Å². The van der Waals surface area contributed by atoms with Crippen LogP contribution in [-0.2, 0) is 7.05 Å². The molecule has 3 rings (SSSR count). The van der Waals surface area contributed by atoms with Gasteiger partial charge in [-0.1, -0.05) is 31.0 Å². The Morgan fingerprint density at radius 2 is 1.63 bits per heavy atom. The van der Waals surface area contributed by atoms with Crippen molar-refractivity contribution >= 4 is 16.9 Å². The lowest BCUT2D eigenvalue weighted by molar-refractivity contribution is 0.723. The summed E-state index contributed by atoms with van der Waals surface area (Å²) in [4.78, 5) is 11.8. The van der Waals surface area contributed by atoms with Crippen LogP contribution in [0.3, 0.4) is 0 Å². The van der Waals surface area contributed by atoms with Crippen LogP contribution in [0.1, 0.15) is 49.1 Å². The molecule has 144 valence electrons. The quantitative estimate of drug-likeness (QED) is 0.579. The van der Waals surface area contributed by atoms with Gasteiger partial charge in [-0.15, -0.1) is 0 Å². The van der Waals surface area contributed by atoms with E-state index < -0.39 is 0 Å². The summed E-state index contributed by atoms with van der Waals surface area (Å²) in [5.74, 6) is 1.05. The van der Waals surface area contributed by atoms with E-state index in [0.717, 1.165) is 29.9 Å². The van der Waals surface area contributed by atoms with Crippen molar-refractivity contribution in [2.24, 2.45) is 7.05 Å². The average Bonchev–Trinajstić information content (AvgIpc) is 2.87. The molecule has 27 heavy (non-hydrogen) atoms. The Labute approximate surface area is 163 Å². The smallest absolute Gasteiger partial charge is 0.156 e. The number of fused-ring (bicyclic) bond motifs is 1. The van der Waals surface area contributed by atoms with Crippen molar-refractivity contribution < 1.29 is 0 Å². The SMILES string of the molecule is CCCCN(CC)c1ncnc2c(-c3c(C)cc(C)cc3C)c(C)n(C)c12. The molecule has 0 spiro atoms. The van der Waals surface area contributed by atoms with Crippen LogP contribution >= 0.6 is 0 Å². The Kier molecular flexibility index (Phi) is 5.54. The second-order valence-electron chi connectivity index (χ2n) is 7.62. The molecule has 0 amide bonds. The molecule has 1 aromatic carbocycles. The van der Waals surface area contributed by atoms with Crippen LogP contribution in [0.2, 0.25) is 0 Å². The molecule has 0 aliphatic carbocycles. The summed E-state index contributed by atoms with van der Waals surface area (Å²) in [7, 11) is 2.14. The van der Waals surface area contributed by atoms with Crippen LogP contribution in [0.5, 0.6) is 0 Å². The molecule has 0 aliphatic rings. The molecule has 0 saturated heterocycles. The number of unbranched alkanes of at least 4 members (excludes halogenated alkanes) is 1. The number of hydrogen-bond acceptors (Lipinski definition) is 3. The first-order valence-electron chi connectivity index (χ1n) is 10.0. The lowest BCUT2D eigenvalue weighted by atomic mass is 9.93. The third-order valence-electron chi connectivity index (χ3n) is 5.63. The molecule has 2 aromatic heterocycles. The molecule has 0 atom stereocenters. The molecular formula is C23H32N4. The summed E-state index contributed by atoms with van der Waals surface area (Å²) in [6.45, 7) is 15.2. The third-order valence-corrected chi connectivity index (χ3v) is 5.63. The van der Waals surface area contributed by atoms with Gasteiger partial charge in [0, 0.05) is 31.4 Å². The zero-order valence-corrected chi connectivity index (χ0v) is 17.8. The number of aromatic nitrogens is 3. The summed E-state index contributed by atoms with van der Waals surface area (Å²) < 4.78 is 2.27. The van der Waals surface area contributed by atoms with Crippen molar-refractivity contribution in [2.45, 2.75) is 54.4 Å². The summed E-state index contributed by atoms with van der Waals surface area (Å²) >= 11 is 0. The standard InChI is InChI=1S/C23H32N4/c1-8-10-11-27(9-2)23-22-21(24-14-25-23)20(18(6)26(22)7)19-16(4)12-15(3)13-17(19)5/h12-14H,8-11H2,1-7H3. The van der Waals surface area contributed by atoms with Crippen molar-refractivity contribution in [1.82, 2.24) is 14.5 Å². The molecule has 2 heterocycles. The second-order valence-corrected chi connectivity index (χ2v) is 7.62. The minimum atomic E-state index is 0.953. The zero-order chi connectivity index (χ0) is 19.7. The molecule has 0 aliphatic heterocycles. The van der Waals surface area contributed by atoms with Gasteiger partial charge >= 0.3 is 0 Å². The highest BCUT2D eigenvalue weighted by Gasteiger charge is 2.22. The molecule has 0 saturated carbocycles. The predicted octanol–water partition coefficient (Wildman–Crippen LogP) is 5.50. The van der Waals surface area contributed by atoms with Gasteiger partial charge in [-0.05, 0) is 57.7 Å².